The van der Waals surface area contributed by atoms with Crippen LogP contribution in [-0.4, -0.2) is 29.2 Å². The lowest BCUT2D eigenvalue weighted by molar-refractivity contribution is -0.135. The number of carbonyl (C=O) groups is 1. The molecule has 0 bridgehead atoms. The predicted octanol–water partition coefficient (Wildman–Crippen LogP) is 4.95. The van der Waals surface area contributed by atoms with Crippen LogP contribution < -0.4 is 0 Å². The summed E-state index contributed by atoms with van der Waals surface area (Å²) >= 11 is 0. The van der Waals surface area contributed by atoms with Crippen LogP contribution in [0, 0.1) is 12.3 Å². The number of amides is 1. The van der Waals surface area contributed by atoms with Gasteiger partial charge < -0.3 is 9.74 Å². The summed E-state index contributed by atoms with van der Waals surface area (Å²) in [4.78, 5) is 20.6. The van der Waals surface area contributed by atoms with E-state index in [-0.39, 0.29) is 17.4 Å². The molecular weight excluding hydrogens is 348 g/mol. The Kier molecular flexibility index (Phi) is 6.18. The number of aryl methyl sites for hydroxylation is 1. The van der Waals surface area contributed by atoms with Crippen molar-refractivity contribution in [1.29, 1.82) is 0 Å². The van der Waals surface area contributed by atoms with Gasteiger partial charge in [-0.2, -0.15) is 0 Å². The molecule has 0 fully saturated rings. The zero-order valence-corrected chi connectivity index (χ0v) is 17.3. The Morgan fingerprint density at radius 1 is 1.11 bits per heavy atom. The summed E-state index contributed by atoms with van der Waals surface area (Å²) in [5.41, 5.74) is 4.36. The van der Waals surface area contributed by atoms with Crippen LogP contribution in [0.4, 0.5) is 0 Å². The fraction of sp³-hybridized carbons (Fsp3) is 0.417. The SMILES string of the molecule is Cc1ccccc1C1=NO[C@H](CN(Cc2ccccc2)C(=O)CC(C)(C)C)C1. The maximum Gasteiger partial charge on any atom is 0.223 e. The van der Waals surface area contributed by atoms with Gasteiger partial charge in [0.1, 0.15) is 0 Å². The zero-order chi connectivity index (χ0) is 20.1. The molecule has 1 amide bonds. The highest BCUT2D eigenvalue weighted by Crippen LogP contribution is 2.24. The molecule has 148 valence electrons. The van der Waals surface area contributed by atoms with Crippen LogP contribution in [0.15, 0.2) is 59.8 Å². The summed E-state index contributed by atoms with van der Waals surface area (Å²) in [7, 11) is 0. The Morgan fingerprint density at radius 3 is 2.46 bits per heavy atom. The molecule has 4 nitrogen and oxygen atoms in total. The molecule has 4 heteroatoms. The van der Waals surface area contributed by atoms with Crippen LogP contribution >= 0.6 is 0 Å². The predicted molar refractivity (Wildman–Crippen MR) is 113 cm³/mol. The minimum absolute atomic E-state index is 0.0502. The molecule has 1 heterocycles. The Hall–Kier alpha value is -2.62. The average Bonchev–Trinajstić information content (AvgIpc) is 3.09. The van der Waals surface area contributed by atoms with E-state index >= 15 is 0 Å². The lowest BCUT2D eigenvalue weighted by Crippen LogP contribution is -2.38. The monoisotopic (exact) mass is 378 g/mol. The molecule has 1 aliphatic heterocycles. The minimum atomic E-state index is -0.109. The number of oxime groups is 1. The average molecular weight is 379 g/mol. The van der Waals surface area contributed by atoms with Gasteiger partial charge in [0.2, 0.25) is 5.91 Å². The second-order valence-electron chi connectivity index (χ2n) is 8.78. The zero-order valence-electron chi connectivity index (χ0n) is 17.3. The maximum atomic E-state index is 13.0. The van der Waals surface area contributed by atoms with Crippen molar-refractivity contribution in [3.8, 4) is 0 Å². The molecule has 0 aromatic heterocycles. The van der Waals surface area contributed by atoms with Gasteiger partial charge in [-0.05, 0) is 23.5 Å². The van der Waals surface area contributed by atoms with Crippen LogP contribution in [-0.2, 0) is 16.2 Å². The Balaban J connectivity index is 1.69. The topological polar surface area (TPSA) is 41.9 Å². The molecule has 0 spiro atoms. The summed E-state index contributed by atoms with van der Waals surface area (Å²) in [6, 6.07) is 18.3. The standard InChI is InChI=1S/C24H30N2O2/c1-18-10-8-9-13-21(18)22-14-20(28-25-22)17-26(23(27)15-24(2,3)4)16-19-11-6-5-7-12-19/h5-13,20H,14-17H2,1-4H3/t20-/m0/s1. The molecule has 28 heavy (non-hydrogen) atoms. The number of nitrogens with zero attached hydrogens (tertiary/aromatic N) is 2. The summed E-state index contributed by atoms with van der Waals surface area (Å²) in [5, 5.41) is 4.32. The van der Waals surface area contributed by atoms with Gasteiger partial charge in [-0.3, -0.25) is 4.79 Å². The van der Waals surface area contributed by atoms with Crippen molar-refractivity contribution >= 4 is 11.6 Å². The van der Waals surface area contributed by atoms with E-state index in [0.29, 0.717) is 19.5 Å². The van der Waals surface area contributed by atoms with Gasteiger partial charge in [-0.15, -0.1) is 0 Å². The molecule has 0 radical (unpaired) electrons. The Labute approximate surface area is 168 Å². The molecule has 2 aromatic carbocycles. The fourth-order valence-electron chi connectivity index (χ4n) is 3.45. The van der Waals surface area contributed by atoms with Crippen LogP contribution in [0.5, 0.6) is 0 Å². The van der Waals surface area contributed by atoms with Gasteiger partial charge >= 0.3 is 0 Å². The van der Waals surface area contributed by atoms with Crippen molar-refractivity contribution < 1.29 is 9.63 Å². The number of hydrogen-bond donors (Lipinski definition) is 0. The van der Waals surface area contributed by atoms with Crippen LogP contribution in [0.25, 0.3) is 0 Å². The van der Waals surface area contributed by atoms with Gasteiger partial charge in [0, 0.05) is 24.9 Å². The van der Waals surface area contributed by atoms with E-state index < -0.39 is 0 Å². The highest BCUT2D eigenvalue weighted by molar-refractivity contribution is 6.02. The van der Waals surface area contributed by atoms with Crippen molar-refractivity contribution in [3.63, 3.8) is 0 Å². The minimum Gasteiger partial charge on any atom is -0.390 e. The second kappa shape index (κ2) is 8.59. The van der Waals surface area contributed by atoms with Crippen LogP contribution in [0.2, 0.25) is 0 Å². The summed E-state index contributed by atoms with van der Waals surface area (Å²) in [6.45, 7) is 9.50. The number of rotatable bonds is 6. The van der Waals surface area contributed by atoms with Gasteiger partial charge in [0.05, 0.1) is 12.3 Å². The first-order valence-corrected chi connectivity index (χ1v) is 9.92. The number of carbonyl (C=O) groups excluding carboxylic acids is 1. The molecule has 2 aromatic rings. The van der Waals surface area contributed by atoms with Crippen molar-refractivity contribution in [2.45, 2.75) is 53.2 Å². The van der Waals surface area contributed by atoms with E-state index in [0.717, 1.165) is 23.3 Å². The molecule has 0 saturated heterocycles. The van der Waals surface area contributed by atoms with E-state index in [1.807, 2.05) is 35.2 Å². The third-order valence-electron chi connectivity index (χ3n) is 4.86. The molecule has 0 N–H and O–H groups in total. The van der Waals surface area contributed by atoms with E-state index in [1.165, 1.54) is 5.56 Å². The Morgan fingerprint density at radius 2 is 1.79 bits per heavy atom. The molecule has 0 unspecified atom stereocenters. The van der Waals surface area contributed by atoms with Crippen molar-refractivity contribution in [2.75, 3.05) is 6.54 Å². The third-order valence-corrected chi connectivity index (χ3v) is 4.86. The first-order valence-electron chi connectivity index (χ1n) is 9.92. The smallest absolute Gasteiger partial charge is 0.223 e. The highest BCUT2D eigenvalue weighted by Gasteiger charge is 2.29. The van der Waals surface area contributed by atoms with Crippen molar-refractivity contribution in [3.05, 3.63) is 71.3 Å². The Bertz CT molecular complexity index is 837. The maximum absolute atomic E-state index is 13.0. The number of hydrogen-bond acceptors (Lipinski definition) is 3. The van der Waals surface area contributed by atoms with Gasteiger partial charge in [0.25, 0.3) is 0 Å². The first-order chi connectivity index (χ1) is 13.3. The van der Waals surface area contributed by atoms with Crippen molar-refractivity contribution in [1.82, 2.24) is 4.90 Å². The normalized spacial score (nSPS) is 16.4. The molecular formula is C24H30N2O2. The summed E-state index contributed by atoms with van der Waals surface area (Å²) in [6.07, 6.45) is 1.12. The second-order valence-corrected chi connectivity index (χ2v) is 8.78. The first kappa shape index (κ1) is 20.1. The lowest BCUT2D eigenvalue weighted by atomic mass is 9.91. The highest BCUT2D eigenvalue weighted by atomic mass is 16.6. The van der Waals surface area contributed by atoms with E-state index in [2.05, 4.69) is 57.1 Å². The molecule has 1 atom stereocenters. The van der Waals surface area contributed by atoms with Crippen molar-refractivity contribution in [2.24, 2.45) is 10.6 Å². The van der Waals surface area contributed by atoms with E-state index in [9.17, 15) is 4.79 Å². The van der Waals surface area contributed by atoms with Gasteiger partial charge in [0.15, 0.2) is 6.10 Å². The summed E-state index contributed by atoms with van der Waals surface area (Å²) in [5.74, 6) is 0.157. The molecule has 1 aliphatic rings. The summed E-state index contributed by atoms with van der Waals surface area (Å²) < 4.78 is 0. The lowest BCUT2D eigenvalue weighted by Gasteiger charge is -2.28. The molecule has 0 aliphatic carbocycles. The third kappa shape index (κ3) is 5.44. The number of benzene rings is 2. The molecule has 3 rings (SSSR count). The fourth-order valence-corrected chi connectivity index (χ4v) is 3.45. The van der Waals surface area contributed by atoms with E-state index in [4.69, 9.17) is 4.84 Å². The quantitative estimate of drug-likeness (QED) is 0.713. The molecule has 0 saturated carbocycles. The van der Waals surface area contributed by atoms with Crippen LogP contribution in [0.1, 0.15) is 50.3 Å². The van der Waals surface area contributed by atoms with Crippen LogP contribution in [0.3, 0.4) is 0 Å². The largest absolute Gasteiger partial charge is 0.390 e. The van der Waals surface area contributed by atoms with Gasteiger partial charge in [-0.25, -0.2) is 0 Å². The van der Waals surface area contributed by atoms with Gasteiger partial charge in [-0.1, -0.05) is 80.5 Å². The van der Waals surface area contributed by atoms with E-state index in [1.54, 1.807) is 0 Å².